The first kappa shape index (κ1) is 12.0. The van der Waals surface area contributed by atoms with Crippen LogP contribution in [-0.4, -0.2) is 14.5 Å². The van der Waals surface area contributed by atoms with Gasteiger partial charge in [-0.2, -0.15) is 0 Å². The van der Waals surface area contributed by atoms with E-state index in [0.717, 1.165) is 11.1 Å². The zero-order valence-electron chi connectivity index (χ0n) is 9.28. The van der Waals surface area contributed by atoms with E-state index in [1.54, 1.807) is 0 Å². The molecule has 88 valence electrons. The van der Waals surface area contributed by atoms with E-state index in [-0.39, 0.29) is 11.7 Å². The normalized spacial score (nSPS) is 12.6. The van der Waals surface area contributed by atoms with Crippen LogP contribution in [0.25, 0.3) is 0 Å². The monoisotopic (exact) mass is 245 g/mol. The summed E-state index contributed by atoms with van der Waals surface area (Å²) in [5.41, 5.74) is 2.06. The Bertz CT molecular complexity index is 443. The predicted molar refractivity (Wildman–Crippen MR) is 68.5 cm³/mol. The Kier molecular flexibility index (Phi) is 4.07. The third-order valence-electron chi connectivity index (χ3n) is 2.71. The molecule has 0 aliphatic heterocycles. The van der Waals surface area contributed by atoms with Crippen LogP contribution in [0.5, 0.6) is 0 Å². The Labute approximate surface area is 104 Å². The second-order valence-electron chi connectivity index (χ2n) is 3.84. The largest absolute Gasteiger partial charge is 0.772 e. The molecule has 0 N–H and O–H groups in total. The lowest BCUT2D eigenvalue weighted by Crippen LogP contribution is -2.10. The van der Waals surface area contributed by atoms with Crippen LogP contribution in [0.15, 0.2) is 60.7 Å². The first-order valence-corrected chi connectivity index (χ1v) is 6.67. The Morgan fingerprint density at radius 1 is 0.882 bits per heavy atom. The predicted octanol–water partition coefficient (Wildman–Crippen LogP) is 2.70. The highest BCUT2D eigenvalue weighted by molar-refractivity contribution is 7.79. The van der Waals surface area contributed by atoms with Gasteiger partial charge in [-0.3, -0.25) is 4.21 Å². The van der Waals surface area contributed by atoms with E-state index < -0.39 is 11.1 Å². The van der Waals surface area contributed by atoms with E-state index in [9.17, 15) is 8.76 Å². The van der Waals surface area contributed by atoms with Gasteiger partial charge in [-0.1, -0.05) is 71.7 Å². The number of benzene rings is 2. The summed E-state index contributed by atoms with van der Waals surface area (Å²) < 4.78 is 21.9. The summed E-state index contributed by atoms with van der Waals surface area (Å²) in [6.45, 7) is 0. The van der Waals surface area contributed by atoms with Crippen molar-refractivity contribution >= 4 is 11.1 Å². The smallest absolute Gasteiger partial charge is 0.0211 e. The molecule has 0 amide bonds. The van der Waals surface area contributed by atoms with Gasteiger partial charge in [-0.15, -0.1) is 0 Å². The maximum absolute atomic E-state index is 11.0. The Morgan fingerprint density at radius 2 is 1.29 bits per heavy atom. The maximum atomic E-state index is 11.0. The second kappa shape index (κ2) is 5.75. The summed E-state index contributed by atoms with van der Waals surface area (Å²) in [5, 5.41) is 0. The highest BCUT2D eigenvalue weighted by Gasteiger charge is 2.13. The zero-order chi connectivity index (χ0) is 12.1. The Balaban J connectivity index is 2.36. The SMILES string of the molecule is O=S([O-])CC(c1ccccc1)c1ccccc1. The molecule has 1 unspecified atom stereocenters. The van der Waals surface area contributed by atoms with Gasteiger partial charge >= 0.3 is 0 Å². The number of hydrogen-bond donors (Lipinski definition) is 0. The van der Waals surface area contributed by atoms with Gasteiger partial charge in [0.15, 0.2) is 0 Å². The topological polar surface area (TPSA) is 40.1 Å². The van der Waals surface area contributed by atoms with Crippen molar-refractivity contribution in [3.63, 3.8) is 0 Å². The molecule has 0 fully saturated rings. The molecule has 17 heavy (non-hydrogen) atoms. The molecule has 0 radical (unpaired) electrons. The van der Waals surface area contributed by atoms with Gasteiger partial charge in [0.25, 0.3) is 0 Å². The lowest BCUT2D eigenvalue weighted by Gasteiger charge is -2.19. The second-order valence-corrected chi connectivity index (χ2v) is 4.79. The zero-order valence-corrected chi connectivity index (χ0v) is 10.1. The standard InChI is InChI=1S/C14H14O2S/c15-17(16)11-14(12-7-3-1-4-8-12)13-9-5-2-6-10-13/h1-10,14H,11H2,(H,15,16)/p-1. The third kappa shape index (κ3) is 3.25. The molecule has 0 heterocycles. The fourth-order valence-electron chi connectivity index (χ4n) is 1.89. The fraction of sp³-hybridized carbons (Fsp3) is 0.143. The average Bonchev–Trinajstić information content (AvgIpc) is 2.38. The van der Waals surface area contributed by atoms with Crippen molar-refractivity contribution in [3.05, 3.63) is 71.8 Å². The van der Waals surface area contributed by atoms with Gasteiger partial charge in [-0.25, -0.2) is 0 Å². The van der Waals surface area contributed by atoms with Gasteiger partial charge in [-0.05, 0) is 11.1 Å². The van der Waals surface area contributed by atoms with Crippen molar-refractivity contribution in [1.29, 1.82) is 0 Å². The van der Waals surface area contributed by atoms with Crippen molar-refractivity contribution in [1.82, 2.24) is 0 Å². The van der Waals surface area contributed by atoms with Crippen molar-refractivity contribution < 1.29 is 8.76 Å². The molecule has 0 aromatic heterocycles. The fourth-order valence-corrected chi connectivity index (χ4v) is 2.55. The Hall–Kier alpha value is -1.45. The van der Waals surface area contributed by atoms with Gasteiger partial charge in [0.1, 0.15) is 0 Å². The summed E-state index contributed by atoms with van der Waals surface area (Å²) in [4.78, 5) is 0. The summed E-state index contributed by atoms with van der Waals surface area (Å²) >= 11 is -2.05. The van der Waals surface area contributed by atoms with E-state index in [4.69, 9.17) is 0 Å². The molecule has 2 nitrogen and oxygen atoms in total. The highest BCUT2D eigenvalue weighted by atomic mass is 32.2. The van der Waals surface area contributed by atoms with Crippen molar-refractivity contribution in [2.45, 2.75) is 5.92 Å². The minimum Gasteiger partial charge on any atom is -0.772 e. The molecule has 0 spiro atoms. The molecule has 0 saturated carbocycles. The molecular formula is C14H13O2S-. The molecule has 2 aromatic carbocycles. The third-order valence-corrected chi connectivity index (χ3v) is 3.31. The highest BCUT2D eigenvalue weighted by Crippen LogP contribution is 2.24. The lowest BCUT2D eigenvalue weighted by molar-refractivity contribution is 0.534. The van der Waals surface area contributed by atoms with Crippen molar-refractivity contribution in [2.24, 2.45) is 0 Å². The minimum absolute atomic E-state index is 0.0873. The van der Waals surface area contributed by atoms with Crippen LogP contribution in [0.4, 0.5) is 0 Å². The van der Waals surface area contributed by atoms with E-state index in [0.29, 0.717) is 0 Å². The summed E-state index contributed by atoms with van der Waals surface area (Å²) in [5.74, 6) is 0.0318. The van der Waals surface area contributed by atoms with E-state index in [2.05, 4.69) is 0 Å². The van der Waals surface area contributed by atoms with Crippen LogP contribution < -0.4 is 0 Å². The van der Waals surface area contributed by atoms with Crippen LogP contribution in [0, 0.1) is 0 Å². The maximum Gasteiger partial charge on any atom is 0.0211 e. The van der Waals surface area contributed by atoms with Crippen molar-refractivity contribution in [2.75, 3.05) is 5.75 Å². The quantitative estimate of drug-likeness (QED) is 0.777. The first-order valence-electron chi connectivity index (χ1n) is 5.43. The number of rotatable bonds is 4. The minimum atomic E-state index is -2.05. The van der Waals surface area contributed by atoms with Crippen LogP contribution in [0.3, 0.4) is 0 Å². The van der Waals surface area contributed by atoms with Gasteiger partial charge < -0.3 is 4.55 Å². The first-order chi connectivity index (χ1) is 8.27. The lowest BCUT2D eigenvalue weighted by atomic mass is 9.93. The molecule has 0 saturated heterocycles. The van der Waals surface area contributed by atoms with Gasteiger partial charge in [0.05, 0.1) is 0 Å². The summed E-state index contributed by atoms with van der Waals surface area (Å²) in [6, 6.07) is 19.4. The van der Waals surface area contributed by atoms with Crippen molar-refractivity contribution in [3.8, 4) is 0 Å². The van der Waals surface area contributed by atoms with E-state index in [1.807, 2.05) is 60.7 Å². The molecule has 0 aliphatic rings. The number of hydrogen-bond acceptors (Lipinski definition) is 2. The van der Waals surface area contributed by atoms with Crippen LogP contribution in [-0.2, 0) is 11.1 Å². The molecule has 2 aromatic rings. The van der Waals surface area contributed by atoms with E-state index >= 15 is 0 Å². The molecule has 3 heteroatoms. The molecule has 0 aliphatic carbocycles. The molecule has 0 bridgehead atoms. The van der Waals surface area contributed by atoms with Crippen LogP contribution in [0.1, 0.15) is 17.0 Å². The summed E-state index contributed by atoms with van der Waals surface area (Å²) in [6.07, 6.45) is 0. The summed E-state index contributed by atoms with van der Waals surface area (Å²) in [7, 11) is 0. The average molecular weight is 245 g/mol. The van der Waals surface area contributed by atoms with Crippen LogP contribution in [0.2, 0.25) is 0 Å². The molecule has 1 atom stereocenters. The molecule has 2 rings (SSSR count). The van der Waals surface area contributed by atoms with E-state index in [1.165, 1.54) is 0 Å². The molecular weight excluding hydrogens is 232 g/mol. The Morgan fingerprint density at radius 3 is 1.65 bits per heavy atom. The van der Waals surface area contributed by atoms with Gasteiger partial charge in [0.2, 0.25) is 0 Å². The van der Waals surface area contributed by atoms with Crippen LogP contribution >= 0.6 is 0 Å². The van der Waals surface area contributed by atoms with Gasteiger partial charge in [0, 0.05) is 11.7 Å².